The molecule has 11 heteroatoms. The second-order valence-corrected chi connectivity index (χ2v) is 11.2. The zero-order valence-corrected chi connectivity index (χ0v) is 25.3. The van der Waals surface area contributed by atoms with Crippen LogP contribution in [0.2, 0.25) is 0 Å². The normalized spacial score (nSPS) is 14.1. The second kappa shape index (κ2) is 16.5. The first-order valence-corrected chi connectivity index (χ1v) is 14.2. The summed E-state index contributed by atoms with van der Waals surface area (Å²) in [6.45, 7) is 10.0. The number of hydrogen-bond acceptors (Lipinski definition) is 7. The first kappa shape index (κ1) is 34.2. The maximum absolute atomic E-state index is 13.3. The van der Waals surface area contributed by atoms with E-state index in [2.05, 4.69) is 21.4 Å². The van der Waals surface area contributed by atoms with Crippen molar-refractivity contribution in [2.24, 2.45) is 11.8 Å². The molecule has 0 aliphatic heterocycles. The van der Waals surface area contributed by atoms with Crippen molar-refractivity contribution in [3.63, 3.8) is 0 Å². The summed E-state index contributed by atoms with van der Waals surface area (Å²) in [4.78, 5) is 50.1. The number of phenols is 1. The maximum atomic E-state index is 13.3. The lowest BCUT2D eigenvalue weighted by Gasteiger charge is -2.33. The molecular formula is C31H45N5O6. The molecule has 11 nitrogen and oxygen atoms in total. The number of aromatic hydroxyl groups is 1. The molecular weight excluding hydrogens is 538 g/mol. The van der Waals surface area contributed by atoms with E-state index < -0.39 is 36.0 Å². The molecule has 0 aromatic heterocycles. The lowest BCUT2D eigenvalue weighted by molar-refractivity contribution is -0.134. The van der Waals surface area contributed by atoms with Crippen LogP contribution in [0.15, 0.2) is 54.6 Å². The Balaban J connectivity index is 2.35. The van der Waals surface area contributed by atoms with Gasteiger partial charge in [0, 0.05) is 26.9 Å². The number of carbonyl (C=O) groups excluding carboxylic acids is 4. The van der Waals surface area contributed by atoms with Gasteiger partial charge in [0.25, 0.3) is 5.91 Å². The van der Waals surface area contributed by atoms with E-state index in [0.717, 1.165) is 11.1 Å². The molecule has 2 aromatic rings. The number of hydrazine groups is 1. The number of benzene rings is 2. The van der Waals surface area contributed by atoms with E-state index in [9.17, 15) is 29.4 Å². The minimum atomic E-state index is -1.16. The van der Waals surface area contributed by atoms with Crippen molar-refractivity contribution in [2.75, 3.05) is 6.54 Å². The lowest BCUT2D eigenvalue weighted by Crippen LogP contribution is -2.59. The van der Waals surface area contributed by atoms with Crippen LogP contribution in [0.1, 0.15) is 52.7 Å². The van der Waals surface area contributed by atoms with Crippen LogP contribution in [-0.2, 0) is 32.1 Å². The van der Waals surface area contributed by atoms with E-state index in [0.29, 0.717) is 6.42 Å². The summed E-state index contributed by atoms with van der Waals surface area (Å²) >= 11 is 0. The predicted octanol–water partition coefficient (Wildman–Crippen LogP) is 1.64. The van der Waals surface area contributed by atoms with Crippen LogP contribution in [0.3, 0.4) is 0 Å². The minimum Gasteiger partial charge on any atom is -0.508 e. The van der Waals surface area contributed by atoms with E-state index in [1.54, 1.807) is 12.1 Å². The average Bonchev–Trinajstić information content (AvgIpc) is 2.91. The zero-order valence-electron chi connectivity index (χ0n) is 25.3. The van der Waals surface area contributed by atoms with Gasteiger partial charge in [-0.05, 0) is 41.5 Å². The lowest BCUT2D eigenvalue weighted by atomic mass is 9.98. The van der Waals surface area contributed by atoms with Crippen molar-refractivity contribution >= 4 is 23.6 Å². The van der Waals surface area contributed by atoms with Gasteiger partial charge in [0.1, 0.15) is 17.8 Å². The molecule has 2 rings (SSSR count). The minimum absolute atomic E-state index is 0.0816. The first-order chi connectivity index (χ1) is 19.8. The number of aliphatic hydroxyl groups is 1. The number of nitrogens with one attached hydrogen (secondary N) is 4. The molecule has 0 fully saturated rings. The third-order valence-electron chi connectivity index (χ3n) is 6.69. The number of phenolic OH excluding ortho intramolecular Hbond substituents is 1. The van der Waals surface area contributed by atoms with Crippen molar-refractivity contribution in [2.45, 2.75) is 78.7 Å². The molecule has 0 saturated heterocycles. The standard InChI is InChI=1S/C31H45N5O6/c1-19(2)28(32-21(5)37)30(41)34-26(16-23-10-8-7-9-11-23)27(40)18-36(17-24-12-14-25(39)15-13-24)35-31(42)29(20(3)4)33-22(6)38/h7-15,19-20,26-29,39-40H,16-18H2,1-6H3,(H,32,37)(H,33,38)(H,34,41)(H,35,42)/t26?,27?,28-,29-/m0/s1. The number of amides is 4. The Morgan fingerprint density at radius 3 is 1.76 bits per heavy atom. The molecule has 4 amide bonds. The summed E-state index contributed by atoms with van der Waals surface area (Å²) < 4.78 is 0. The van der Waals surface area contributed by atoms with Gasteiger partial charge >= 0.3 is 0 Å². The average molecular weight is 584 g/mol. The molecule has 2 unspecified atom stereocenters. The Bertz CT molecular complexity index is 1170. The summed E-state index contributed by atoms with van der Waals surface area (Å²) in [7, 11) is 0. The van der Waals surface area contributed by atoms with Gasteiger partial charge in [0.2, 0.25) is 17.7 Å². The van der Waals surface area contributed by atoms with Crippen LogP contribution in [0, 0.1) is 11.8 Å². The fourth-order valence-electron chi connectivity index (χ4n) is 4.48. The largest absolute Gasteiger partial charge is 0.508 e. The van der Waals surface area contributed by atoms with Gasteiger partial charge in [0.05, 0.1) is 12.1 Å². The number of hydrogen-bond donors (Lipinski definition) is 6. The molecule has 0 radical (unpaired) electrons. The van der Waals surface area contributed by atoms with Gasteiger partial charge in [-0.2, -0.15) is 0 Å². The van der Waals surface area contributed by atoms with Crippen LogP contribution < -0.4 is 21.4 Å². The number of nitrogens with zero attached hydrogens (tertiary/aromatic N) is 1. The fourth-order valence-corrected chi connectivity index (χ4v) is 4.48. The highest BCUT2D eigenvalue weighted by Crippen LogP contribution is 2.14. The number of carbonyl (C=O) groups is 4. The van der Waals surface area contributed by atoms with Crippen molar-refractivity contribution < 1.29 is 29.4 Å². The monoisotopic (exact) mass is 583 g/mol. The van der Waals surface area contributed by atoms with Gasteiger partial charge in [0.15, 0.2) is 0 Å². The van der Waals surface area contributed by atoms with Crippen molar-refractivity contribution in [3.8, 4) is 5.75 Å². The molecule has 0 saturated carbocycles. The molecule has 0 bridgehead atoms. The Kier molecular flexibility index (Phi) is 13.4. The molecule has 6 N–H and O–H groups in total. The van der Waals surface area contributed by atoms with E-state index in [1.807, 2.05) is 58.0 Å². The molecule has 0 aliphatic rings. The van der Waals surface area contributed by atoms with Gasteiger partial charge in [-0.1, -0.05) is 70.2 Å². The SMILES string of the molecule is CC(=O)N[C@H](C(=O)NC(Cc1ccccc1)C(O)CN(Cc1ccc(O)cc1)NC(=O)[C@@H](NC(C)=O)C(C)C)C(C)C. The Labute approximate surface area is 248 Å². The smallest absolute Gasteiger partial charge is 0.257 e. The van der Waals surface area contributed by atoms with Crippen LogP contribution in [-0.4, -0.2) is 69.6 Å². The summed E-state index contributed by atoms with van der Waals surface area (Å²) in [5.41, 5.74) is 4.45. The van der Waals surface area contributed by atoms with Gasteiger partial charge in [-0.3, -0.25) is 24.6 Å². The van der Waals surface area contributed by atoms with Gasteiger partial charge in [-0.25, -0.2) is 5.01 Å². The third-order valence-corrected chi connectivity index (χ3v) is 6.69. The topological polar surface area (TPSA) is 160 Å². The Hall–Kier alpha value is -3.96. The van der Waals surface area contributed by atoms with E-state index in [-0.39, 0.29) is 42.5 Å². The summed E-state index contributed by atoms with van der Waals surface area (Å²) in [6, 6.07) is 13.4. The van der Waals surface area contributed by atoms with Crippen molar-refractivity contribution in [3.05, 3.63) is 65.7 Å². The molecule has 4 atom stereocenters. The highest BCUT2D eigenvalue weighted by Gasteiger charge is 2.31. The zero-order chi connectivity index (χ0) is 31.4. The van der Waals surface area contributed by atoms with Crippen LogP contribution in [0.4, 0.5) is 0 Å². The maximum Gasteiger partial charge on any atom is 0.257 e. The van der Waals surface area contributed by atoms with Crippen LogP contribution >= 0.6 is 0 Å². The third kappa shape index (κ3) is 11.5. The molecule has 42 heavy (non-hydrogen) atoms. The molecule has 2 aromatic carbocycles. The first-order valence-electron chi connectivity index (χ1n) is 14.2. The predicted molar refractivity (Wildman–Crippen MR) is 160 cm³/mol. The quantitative estimate of drug-likeness (QED) is 0.174. The highest BCUT2D eigenvalue weighted by molar-refractivity contribution is 5.87. The van der Waals surface area contributed by atoms with Crippen molar-refractivity contribution in [1.29, 1.82) is 0 Å². The van der Waals surface area contributed by atoms with Gasteiger partial charge in [-0.15, -0.1) is 0 Å². The highest BCUT2D eigenvalue weighted by atomic mass is 16.3. The Morgan fingerprint density at radius 1 is 0.738 bits per heavy atom. The molecule has 0 aliphatic carbocycles. The van der Waals surface area contributed by atoms with E-state index in [1.165, 1.54) is 31.0 Å². The van der Waals surface area contributed by atoms with Crippen LogP contribution in [0.25, 0.3) is 0 Å². The summed E-state index contributed by atoms with van der Waals surface area (Å²) in [6.07, 6.45) is -0.866. The number of aliphatic hydroxyl groups excluding tert-OH is 1. The fraction of sp³-hybridized carbons (Fsp3) is 0.484. The second-order valence-electron chi connectivity index (χ2n) is 11.2. The Morgan fingerprint density at radius 2 is 1.26 bits per heavy atom. The summed E-state index contributed by atoms with van der Waals surface area (Å²) in [5.74, 6) is -1.90. The van der Waals surface area contributed by atoms with Crippen LogP contribution in [0.5, 0.6) is 5.75 Å². The summed E-state index contributed by atoms with van der Waals surface area (Å²) in [5, 5.41) is 31.0. The number of rotatable bonds is 15. The van der Waals surface area contributed by atoms with Crippen molar-refractivity contribution in [1.82, 2.24) is 26.4 Å². The molecule has 0 heterocycles. The van der Waals surface area contributed by atoms with E-state index in [4.69, 9.17) is 0 Å². The van der Waals surface area contributed by atoms with Gasteiger partial charge < -0.3 is 26.2 Å². The van der Waals surface area contributed by atoms with E-state index >= 15 is 0 Å². The molecule has 230 valence electrons. The molecule has 0 spiro atoms.